The van der Waals surface area contributed by atoms with Gasteiger partial charge in [-0.2, -0.15) is 18.3 Å². The third-order valence-electron chi connectivity index (χ3n) is 5.35. The minimum absolute atomic E-state index is 0.00407. The lowest BCUT2D eigenvalue weighted by molar-refractivity contribution is -0.137. The van der Waals surface area contributed by atoms with Crippen LogP contribution in [0.25, 0.3) is 11.0 Å². The highest BCUT2D eigenvalue weighted by Gasteiger charge is 2.31. The van der Waals surface area contributed by atoms with Gasteiger partial charge >= 0.3 is 12.2 Å². The van der Waals surface area contributed by atoms with Crippen molar-refractivity contribution in [1.82, 2.24) is 19.9 Å². The fraction of sp³-hybridized carbons (Fsp3) is 0.300. The predicted octanol–water partition coefficient (Wildman–Crippen LogP) is 3.58. The van der Waals surface area contributed by atoms with Crippen LogP contribution in [-0.2, 0) is 6.18 Å². The molecule has 162 valence electrons. The van der Waals surface area contributed by atoms with E-state index >= 15 is 0 Å². The molecule has 2 amide bonds. The second kappa shape index (κ2) is 8.25. The molecule has 0 unspecified atom stereocenters. The number of aromatic nitrogens is 3. The number of hydrazone groups is 1. The maximum atomic E-state index is 12.9. The number of carbonyl (C=O) groups is 1. The number of aromatic amines is 1. The summed E-state index contributed by atoms with van der Waals surface area (Å²) < 4.78 is 38.6. The van der Waals surface area contributed by atoms with Crippen molar-refractivity contribution in [2.24, 2.45) is 16.9 Å². The fourth-order valence-corrected chi connectivity index (χ4v) is 3.77. The number of fused-ring (bicyclic) bond motifs is 1. The zero-order chi connectivity index (χ0) is 22.0. The van der Waals surface area contributed by atoms with E-state index in [-0.39, 0.29) is 11.6 Å². The largest absolute Gasteiger partial charge is 0.416 e. The number of likely N-dealkylation sites (tertiary alicyclic amines) is 1. The Balaban J connectivity index is 1.41. The predicted molar refractivity (Wildman–Crippen MR) is 109 cm³/mol. The molecule has 2 aromatic heterocycles. The first kappa shape index (κ1) is 20.6. The normalized spacial score (nSPS) is 16.0. The van der Waals surface area contributed by atoms with Gasteiger partial charge in [0.2, 0.25) is 0 Å². The van der Waals surface area contributed by atoms with E-state index < -0.39 is 17.8 Å². The summed E-state index contributed by atoms with van der Waals surface area (Å²) in [5.41, 5.74) is 1.27. The Morgan fingerprint density at radius 3 is 2.71 bits per heavy atom. The van der Waals surface area contributed by atoms with Gasteiger partial charge in [0.15, 0.2) is 0 Å². The van der Waals surface area contributed by atoms with Crippen LogP contribution in [0.1, 0.15) is 24.1 Å². The number of alkyl halides is 3. The van der Waals surface area contributed by atoms with Crippen LogP contribution in [0, 0.1) is 5.92 Å². The van der Waals surface area contributed by atoms with Crippen molar-refractivity contribution in [3.8, 4) is 0 Å². The van der Waals surface area contributed by atoms with Gasteiger partial charge in [-0.05, 0) is 37.1 Å². The molecule has 3 heterocycles. The molecule has 0 atom stereocenters. The third-order valence-corrected chi connectivity index (χ3v) is 5.35. The second-order valence-corrected chi connectivity index (χ2v) is 7.25. The zero-order valence-corrected chi connectivity index (χ0v) is 16.4. The summed E-state index contributed by atoms with van der Waals surface area (Å²) in [6.45, 7) is 0.825. The molecular weight excluding hydrogens is 411 g/mol. The molecule has 0 spiro atoms. The van der Waals surface area contributed by atoms with E-state index in [1.165, 1.54) is 18.5 Å². The standard InChI is InChI=1S/C20H20F3N7O/c21-20(22,23)13-2-1-3-14(10-13)28-19(31)30-8-5-12(6-9-30)16(29-24)17-15-4-7-25-18(15)27-11-26-17/h1-4,7,10-12H,5-6,8-9,24H2,(H,28,31)(H,25,26,27). The van der Waals surface area contributed by atoms with Crippen LogP contribution in [0.15, 0.2) is 48.0 Å². The van der Waals surface area contributed by atoms with Crippen LogP contribution in [0.3, 0.4) is 0 Å². The van der Waals surface area contributed by atoms with E-state index in [9.17, 15) is 18.0 Å². The number of piperidine rings is 1. The Morgan fingerprint density at radius 2 is 2.00 bits per heavy atom. The molecule has 1 aliphatic rings. The van der Waals surface area contributed by atoms with Crippen molar-refractivity contribution >= 4 is 28.5 Å². The number of halogens is 3. The van der Waals surface area contributed by atoms with Crippen molar-refractivity contribution < 1.29 is 18.0 Å². The minimum Gasteiger partial charge on any atom is -0.346 e. The van der Waals surface area contributed by atoms with Crippen molar-refractivity contribution in [2.45, 2.75) is 19.0 Å². The molecule has 1 saturated heterocycles. The molecule has 1 aliphatic heterocycles. The van der Waals surface area contributed by atoms with Crippen molar-refractivity contribution in [2.75, 3.05) is 18.4 Å². The van der Waals surface area contributed by atoms with Gasteiger partial charge in [0.1, 0.15) is 12.0 Å². The molecule has 1 aromatic carbocycles. The van der Waals surface area contributed by atoms with Crippen LogP contribution in [0.2, 0.25) is 0 Å². The van der Waals surface area contributed by atoms with Crippen LogP contribution < -0.4 is 11.2 Å². The number of H-pyrrole nitrogens is 1. The number of carbonyl (C=O) groups excluding carboxylic acids is 1. The summed E-state index contributed by atoms with van der Waals surface area (Å²) in [6.07, 6.45) is -0.0679. The van der Waals surface area contributed by atoms with Gasteiger partial charge in [0, 0.05) is 36.3 Å². The zero-order valence-electron chi connectivity index (χ0n) is 16.4. The number of amides is 2. The lowest BCUT2D eigenvalue weighted by Crippen LogP contribution is -2.42. The van der Waals surface area contributed by atoms with Gasteiger partial charge in [0.25, 0.3) is 0 Å². The molecule has 3 aromatic rings. The topological polar surface area (TPSA) is 112 Å². The maximum Gasteiger partial charge on any atom is 0.416 e. The molecule has 31 heavy (non-hydrogen) atoms. The average molecular weight is 431 g/mol. The highest BCUT2D eigenvalue weighted by atomic mass is 19.4. The number of rotatable bonds is 3. The Bertz CT molecular complexity index is 1120. The number of nitrogens with two attached hydrogens (primary N) is 1. The first-order valence-corrected chi connectivity index (χ1v) is 9.66. The molecule has 11 heteroatoms. The number of hydrogen-bond donors (Lipinski definition) is 3. The van der Waals surface area contributed by atoms with E-state index in [2.05, 4.69) is 25.4 Å². The highest BCUT2D eigenvalue weighted by Crippen LogP contribution is 2.31. The second-order valence-electron chi connectivity index (χ2n) is 7.25. The van der Waals surface area contributed by atoms with Crippen LogP contribution in [0.5, 0.6) is 0 Å². The van der Waals surface area contributed by atoms with Crippen molar-refractivity contribution in [3.63, 3.8) is 0 Å². The molecule has 4 rings (SSSR count). The van der Waals surface area contributed by atoms with Gasteiger partial charge in [-0.1, -0.05) is 6.07 Å². The quantitative estimate of drug-likeness (QED) is 0.334. The van der Waals surface area contributed by atoms with E-state index in [1.54, 1.807) is 11.1 Å². The van der Waals surface area contributed by atoms with E-state index in [4.69, 9.17) is 5.84 Å². The lowest BCUT2D eigenvalue weighted by Gasteiger charge is -2.32. The number of anilines is 1. The fourth-order valence-electron chi connectivity index (χ4n) is 3.77. The third kappa shape index (κ3) is 4.30. The molecule has 0 saturated carbocycles. The summed E-state index contributed by atoms with van der Waals surface area (Å²) in [6, 6.07) is 5.98. The highest BCUT2D eigenvalue weighted by molar-refractivity contribution is 6.09. The summed E-state index contributed by atoms with van der Waals surface area (Å²) in [5, 5.41) is 7.33. The summed E-state index contributed by atoms with van der Waals surface area (Å²) >= 11 is 0. The Labute approximate surface area is 175 Å². The smallest absolute Gasteiger partial charge is 0.346 e. The molecule has 0 aliphatic carbocycles. The van der Waals surface area contributed by atoms with Gasteiger partial charge in [-0.3, -0.25) is 0 Å². The van der Waals surface area contributed by atoms with Crippen LogP contribution in [-0.4, -0.2) is 44.7 Å². The lowest BCUT2D eigenvalue weighted by atomic mass is 9.89. The molecule has 0 radical (unpaired) electrons. The monoisotopic (exact) mass is 431 g/mol. The Morgan fingerprint density at radius 1 is 1.23 bits per heavy atom. The molecule has 4 N–H and O–H groups in total. The first-order chi connectivity index (χ1) is 14.9. The van der Waals surface area contributed by atoms with Gasteiger partial charge in [0.05, 0.1) is 17.0 Å². The number of urea groups is 1. The summed E-state index contributed by atoms with van der Waals surface area (Å²) in [7, 11) is 0. The van der Waals surface area contributed by atoms with Crippen LogP contribution >= 0.6 is 0 Å². The summed E-state index contributed by atoms with van der Waals surface area (Å²) in [5.74, 6) is 5.67. The number of nitrogens with one attached hydrogen (secondary N) is 2. The van der Waals surface area contributed by atoms with E-state index in [0.717, 1.165) is 17.5 Å². The van der Waals surface area contributed by atoms with E-state index in [1.807, 2.05) is 6.07 Å². The summed E-state index contributed by atoms with van der Waals surface area (Å²) in [4.78, 5) is 25.6. The average Bonchev–Trinajstić information content (AvgIpc) is 3.24. The first-order valence-electron chi connectivity index (χ1n) is 9.66. The number of nitrogens with zero attached hydrogens (tertiary/aromatic N) is 4. The Kier molecular flexibility index (Phi) is 5.49. The maximum absolute atomic E-state index is 12.9. The number of benzene rings is 1. The Hall–Kier alpha value is -3.63. The van der Waals surface area contributed by atoms with Gasteiger partial charge < -0.3 is 21.0 Å². The van der Waals surface area contributed by atoms with Crippen molar-refractivity contribution in [3.05, 3.63) is 54.1 Å². The molecule has 8 nitrogen and oxygen atoms in total. The van der Waals surface area contributed by atoms with Gasteiger partial charge in [-0.25, -0.2) is 14.8 Å². The van der Waals surface area contributed by atoms with Crippen LogP contribution in [0.4, 0.5) is 23.7 Å². The molecular formula is C20H20F3N7O. The van der Waals surface area contributed by atoms with Gasteiger partial charge in [-0.15, -0.1) is 0 Å². The SMILES string of the molecule is NN=C(c1ncnc2[nH]ccc12)C1CCN(C(=O)Nc2cccc(C(F)(F)F)c2)CC1. The number of hydrogen-bond acceptors (Lipinski definition) is 5. The minimum atomic E-state index is -4.47. The molecule has 1 fully saturated rings. The van der Waals surface area contributed by atoms with Crippen molar-refractivity contribution in [1.29, 1.82) is 0 Å². The van der Waals surface area contributed by atoms with E-state index in [0.29, 0.717) is 43.0 Å². The molecule has 0 bridgehead atoms.